The summed E-state index contributed by atoms with van der Waals surface area (Å²) < 4.78 is 0. The third-order valence-electron chi connectivity index (χ3n) is 3.55. The summed E-state index contributed by atoms with van der Waals surface area (Å²) in [6.45, 7) is 11.2. The highest BCUT2D eigenvalue weighted by atomic mass is 14.9. The molecular formula is C15H25N. The van der Waals surface area contributed by atoms with Crippen LogP contribution in [0.15, 0.2) is 24.3 Å². The Hall–Kier alpha value is -0.820. The second kappa shape index (κ2) is 6.05. The molecule has 3 atom stereocenters. The Kier molecular flexibility index (Phi) is 5.01. The van der Waals surface area contributed by atoms with Crippen LogP contribution in [0.2, 0.25) is 0 Å². The van der Waals surface area contributed by atoms with Gasteiger partial charge in [-0.25, -0.2) is 0 Å². The lowest BCUT2D eigenvalue weighted by molar-refractivity contribution is 0.360. The fraction of sp³-hybridized carbons (Fsp3) is 0.600. The molecule has 1 N–H and O–H groups in total. The van der Waals surface area contributed by atoms with Crippen LogP contribution in [0.5, 0.6) is 0 Å². The Morgan fingerprint density at radius 3 is 2.44 bits per heavy atom. The molecule has 1 aromatic rings. The average Bonchev–Trinajstić information content (AvgIpc) is 2.27. The third kappa shape index (κ3) is 3.64. The lowest BCUT2D eigenvalue weighted by Gasteiger charge is -2.25. The molecule has 0 saturated heterocycles. The van der Waals surface area contributed by atoms with Crippen molar-refractivity contribution >= 4 is 0 Å². The highest BCUT2D eigenvalue weighted by Gasteiger charge is 2.13. The minimum absolute atomic E-state index is 0.434. The fourth-order valence-electron chi connectivity index (χ4n) is 1.95. The van der Waals surface area contributed by atoms with E-state index >= 15 is 0 Å². The molecule has 90 valence electrons. The van der Waals surface area contributed by atoms with Gasteiger partial charge >= 0.3 is 0 Å². The smallest absolute Gasteiger partial charge is 0.0294 e. The summed E-state index contributed by atoms with van der Waals surface area (Å²) in [5.41, 5.74) is 2.72. The molecule has 16 heavy (non-hydrogen) atoms. The Morgan fingerprint density at radius 2 is 1.88 bits per heavy atom. The van der Waals surface area contributed by atoms with Gasteiger partial charge in [0.05, 0.1) is 0 Å². The largest absolute Gasteiger partial charge is 0.307 e. The van der Waals surface area contributed by atoms with Crippen LogP contribution in [0, 0.1) is 12.8 Å². The maximum absolute atomic E-state index is 3.67. The van der Waals surface area contributed by atoms with Gasteiger partial charge in [-0.15, -0.1) is 0 Å². The van der Waals surface area contributed by atoms with Gasteiger partial charge in [0, 0.05) is 12.1 Å². The molecule has 0 aliphatic rings. The zero-order valence-electron chi connectivity index (χ0n) is 11.2. The van der Waals surface area contributed by atoms with Gasteiger partial charge in [0.15, 0.2) is 0 Å². The Bertz CT molecular complexity index is 319. The van der Waals surface area contributed by atoms with Crippen LogP contribution in [0.3, 0.4) is 0 Å². The second-order valence-electron chi connectivity index (χ2n) is 4.98. The van der Waals surface area contributed by atoms with E-state index in [1.165, 1.54) is 17.5 Å². The molecule has 0 spiro atoms. The fourth-order valence-corrected chi connectivity index (χ4v) is 1.95. The van der Waals surface area contributed by atoms with Crippen LogP contribution in [0.4, 0.5) is 0 Å². The van der Waals surface area contributed by atoms with Gasteiger partial charge in [0.1, 0.15) is 0 Å². The van der Waals surface area contributed by atoms with E-state index in [1.807, 2.05) is 0 Å². The summed E-state index contributed by atoms with van der Waals surface area (Å²) in [4.78, 5) is 0. The Balaban J connectivity index is 2.61. The molecule has 0 aliphatic carbocycles. The quantitative estimate of drug-likeness (QED) is 0.787. The molecule has 1 heteroatoms. The van der Waals surface area contributed by atoms with Gasteiger partial charge in [-0.1, -0.05) is 50.1 Å². The molecule has 0 aromatic heterocycles. The number of aryl methyl sites for hydroxylation is 1. The number of hydrogen-bond acceptors (Lipinski definition) is 1. The zero-order valence-corrected chi connectivity index (χ0v) is 11.2. The maximum atomic E-state index is 3.67. The van der Waals surface area contributed by atoms with Crippen LogP contribution < -0.4 is 5.32 Å². The lowest BCUT2D eigenvalue weighted by Crippen LogP contribution is -2.33. The van der Waals surface area contributed by atoms with Gasteiger partial charge < -0.3 is 5.32 Å². The van der Waals surface area contributed by atoms with Gasteiger partial charge in [0.25, 0.3) is 0 Å². The molecule has 0 fully saturated rings. The summed E-state index contributed by atoms with van der Waals surface area (Å²) in [6.07, 6.45) is 1.23. The summed E-state index contributed by atoms with van der Waals surface area (Å²) >= 11 is 0. The molecule has 1 nitrogen and oxygen atoms in total. The van der Waals surface area contributed by atoms with Crippen LogP contribution in [-0.2, 0) is 0 Å². The average molecular weight is 219 g/mol. The third-order valence-corrected chi connectivity index (χ3v) is 3.55. The van der Waals surface area contributed by atoms with Crippen LogP contribution >= 0.6 is 0 Å². The highest BCUT2D eigenvalue weighted by molar-refractivity contribution is 5.24. The lowest BCUT2D eigenvalue weighted by atomic mass is 9.98. The van der Waals surface area contributed by atoms with E-state index in [0.29, 0.717) is 12.1 Å². The van der Waals surface area contributed by atoms with E-state index in [-0.39, 0.29) is 0 Å². The van der Waals surface area contributed by atoms with Crippen molar-refractivity contribution < 1.29 is 0 Å². The number of benzene rings is 1. The molecule has 1 aromatic carbocycles. The van der Waals surface area contributed by atoms with Crippen molar-refractivity contribution in [2.45, 2.75) is 53.1 Å². The van der Waals surface area contributed by atoms with Crippen molar-refractivity contribution in [3.63, 3.8) is 0 Å². The normalized spacial score (nSPS) is 16.8. The predicted octanol–water partition coefficient (Wildman–Crippen LogP) is 4.08. The van der Waals surface area contributed by atoms with E-state index < -0.39 is 0 Å². The topological polar surface area (TPSA) is 12.0 Å². The monoisotopic (exact) mass is 219 g/mol. The summed E-state index contributed by atoms with van der Waals surface area (Å²) in [5, 5.41) is 3.67. The first-order valence-corrected chi connectivity index (χ1v) is 6.37. The van der Waals surface area contributed by atoms with Gasteiger partial charge in [-0.05, 0) is 32.3 Å². The van der Waals surface area contributed by atoms with E-state index in [2.05, 4.69) is 64.2 Å². The summed E-state index contributed by atoms with van der Waals surface area (Å²) in [6, 6.07) is 9.75. The molecular weight excluding hydrogens is 194 g/mol. The van der Waals surface area contributed by atoms with Gasteiger partial charge in [-0.2, -0.15) is 0 Å². The molecule has 2 unspecified atom stereocenters. The number of rotatable bonds is 5. The first-order chi connectivity index (χ1) is 7.54. The van der Waals surface area contributed by atoms with Gasteiger partial charge in [-0.3, -0.25) is 0 Å². The molecule has 0 radical (unpaired) electrons. The first kappa shape index (κ1) is 13.2. The van der Waals surface area contributed by atoms with Crippen molar-refractivity contribution in [2.75, 3.05) is 0 Å². The predicted molar refractivity (Wildman–Crippen MR) is 71.6 cm³/mol. The van der Waals surface area contributed by atoms with E-state index in [1.54, 1.807) is 0 Å². The molecule has 0 aliphatic heterocycles. The SMILES string of the molecule is CCC(C)C(C)N[C@H](C)c1cccc(C)c1. The highest BCUT2D eigenvalue weighted by Crippen LogP contribution is 2.17. The van der Waals surface area contributed by atoms with Crippen LogP contribution in [0.1, 0.15) is 51.3 Å². The molecule has 0 amide bonds. The molecule has 1 rings (SSSR count). The minimum Gasteiger partial charge on any atom is -0.307 e. The van der Waals surface area contributed by atoms with Crippen molar-refractivity contribution in [1.82, 2.24) is 5.32 Å². The Labute approximate surface area is 100 Å². The van der Waals surface area contributed by atoms with Crippen molar-refractivity contribution in [1.29, 1.82) is 0 Å². The van der Waals surface area contributed by atoms with Gasteiger partial charge in [0.2, 0.25) is 0 Å². The van der Waals surface area contributed by atoms with E-state index in [0.717, 1.165) is 5.92 Å². The maximum Gasteiger partial charge on any atom is 0.0294 e. The molecule has 0 heterocycles. The minimum atomic E-state index is 0.434. The molecule has 0 saturated carbocycles. The van der Waals surface area contributed by atoms with Crippen molar-refractivity contribution in [3.05, 3.63) is 35.4 Å². The van der Waals surface area contributed by atoms with E-state index in [9.17, 15) is 0 Å². The Morgan fingerprint density at radius 1 is 1.19 bits per heavy atom. The summed E-state index contributed by atoms with van der Waals surface area (Å²) in [5.74, 6) is 0.729. The van der Waals surface area contributed by atoms with Crippen LogP contribution in [0.25, 0.3) is 0 Å². The second-order valence-corrected chi connectivity index (χ2v) is 4.98. The van der Waals surface area contributed by atoms with Crippen molar-refractivity contribution in [3.8, 4) is 0 Å². The molecule has 0 bridgehead atoms. The standard InChI is InChI=1S/C15H25N/c1-6-12(3)13(4)16-14(5)15-9-7-8-11(2)10-15/h7-10,12-14,16H,6H2,1-5H3/t12?,13?,14-/m1/s1. The number of hydrogen-bond donors (Lipinski definition) is 1. The zero-order chi connectivity index (χ0) is 12.1. The van der Waals surface area contributed by atoms with Crippen molar-refractivity contribution in [2.24, 2.45) is 5.92 Å². The number of nitrogens with one attached hydrogen (secondary N) is 1. The summed E-state index contributed by atoms with van der Waals surface area (Å²) in [7, 11) is 0. The first-order valence-electron chi connectivity index (χ1n) is 6.37. The van der Waals surface area contributed by atoms with Crippen LogP contribution in [-0.4, -0.2) is 6.04 Å². The van der Waals surface area contributed by atoms with E-state index in [4.69, 9.17) is 0 Å².